The van der Waals surface area contributed by atoms with Crippen LogP contribution in [0.4, 0.5) is 0 Å². The summed E-state index contributed by atoms with van der Waals surface area (Å²) in [6.45, 7) is 0. The van der Waals surface area contributed by atoms with Gasteiger partial charge in [-0.2, -0.15) is 0 Å². The van der Waals surface area contributed by atoms with Gasteiger partial charge in [-0.15, -0.1) is 0 Å². The molecule has 0 unspecified atom stereocenters. The van der Waals surface area contributed by atoms with E-state index in [0.717, 1.165) is 17.3 Å². The Bertz CT molecular complexity index is 953. The molecule has 24 heavy (non-hydrogen) atoms. The Hall–Kier alpha value is -1.87. The molecule has 2 heterocycles. The van der Waals surface area contributed by atoms with Gasteiger partial charge < -0.3 is 9.88 Å². The molecule has 3 rings (SSSR count). The highest BCUT2D eigenvalue weighted by atomic mass is 32.2. The van der Waals surface area contributed by atoms with Crippen molar-refractivity contribution in [2.45, 2.75) is 17.5 Å². The number of benzene rings is 1. The molecule has 0 aliphatic carbocycles. The van der Waals surface area contributed by atoms with Crippen molar-refractivity contribution in [1.29, 1.82) is 0 Å². The number of para-hydroxylation sites is 2. The molecule has 0 saturated carbocycles. The van der Waals surface area contributed by atoms with Crippen molar-refractivity contribution in [2.75, 3.05) is 17.3 Å². The molecular formula is C15H17N3O4S2. The first-order valence-electron chi connectivity index (χ1n) is 7.44. The minimum Gasteiger partial charge on any atom is -0.352 e. The number of aryl methyl sites for hydroxylation is 1. The molecule has 1 aliphatic heterocycles. The number of hydrogen-bond acceptors (Lipinski definition) is 6. The maximum absolute atomic E-state index is 12.3. The number of carbonyl (C=O) groups is 1. The Labute approximate surface area is 143 Å². The zero-order chi connectivity index (χ0) is 17.3. The van der Waals surface area contributed by atoms with E-state index in [1.165, 1.54) is 4.57 Å². The molecule has 0 spiro atoms. The van der Waals surface area contributed by atoms with E-state index >= 15 is 0 Å². The number of rotatable bonds is 4. The number of nitrogens with zero attached hydrogens (tertiary/aromatic N) is 2. The number of aromatic nitrogens is 2. The van der Waals surface area contributed by atoms with Crippen molar-refractivity contribution in [3.8, 4) is 0 Å². The summed E-state index contributed by atoms with van der Waals surface area (Å²) >= 11 is 1.06. The summed E-state index contributed by atoms with van der Waals surface area (Å²) in [6.07, 6.45) is 0.439. The van der Waals surface area contributed by atoms with E-state index in [2.05, 4.69) is 10.3 Å². The summed E-state index contributed by atoms with van der Waals surface area (Å²) in [5.41, 5.74) is 1.16. The molecule has 2 aromatic rings. The van der Waals surface area contributed by atoms with Crippen LogP contribution in [0.3, 0.4) is 0 Å². The van der Waals surface area contributed by atoms with Gasteiger partial charge in [-0.3, -0.25) is 9.59 Å². The molecule has 1 N–H and O–H groups in total. The first-order chi connectivity index (χ1) is 11.4. The van der Waals surface area contributed by atoms with Crippen LogP contribution in [0.1, 0.15) is 6.42 Å². The fourth-order valence-corrected chi connectivity index (χ4v) is 5.11. The standard InChI is InChI=1S/C15H17N3O4S2/c1-18-12-5-3-2-4-11(12)17-14(15(18)20)23-8-13(19)16-10-6-7-24(21,22)9-10/h2-5,10H,6-9H2,1H3,(H,16,19)/t10-/m0/s1. The Morgan fingerprint density at radius 2 is 2.17 bits per heavy atom. The van der Waals surface area contributed by atoms with Gasteiger partial charge in [0, 0.05) is 13.1 Å². The molecule has 1 aromatic carbocycles. The minimum atomic E-state index is -3.03. The van der Waals surface area contributed by atoms with Crippen LogP contribution < -0.4 is 10.9 Å². The molecule has 0 radical (unpaired) electrons. The second kappa shape index (κ2) is 6.56. The lowest BCUT2D eigenvalue weighted by Gasteiger charge is -2.11. The van der Waals surface area contributed by atoms with E-state index in [9.17, 15) is 18.0 Å². The Balaban J connectivity index is 1.68. The van der Waals surface area contributed by atoms with Crippen LogP contribution >= 0.6 is 11.8 Å². The highest BCUT2D eigenvalue weighted by Crippen LogP contribution is 2.16. The van der Waals surface area contributed by atoms with Crippen molar-refractivity contribution in [1.82, 2.24) is 14.9 Å². The normalized spacial score (nSPS) is 19.5. The average molecular weight is 367 g/mol. The average Bonchev–Trinajstić information content (AvgIpc) is 2.88. The maximum atomic E-state index is 12.3. The third-order valence-electron chi connectivity index (χ3n) is 3.89. The molecule has 1 atom stereocenters. The second-order valence-corrected chi connectivity index (χ2v) is 8.92. The summed E-state index contributed by atoms with van der Waals surface area (Å²) in [4.78, 5) is 28.6. The summed E-state index contributed by atoms with van der Waals surface area (Å²) in [5, 5.41) is 2.96. The monoisotopic (exact) mass is 367 g/mol. The van der Waals surface area contributed by atoms with Gasteiger partial charge in [-0.1, -0.05) is 23.9 Å². The Kier molecular flexibility index (Phi) is 4.64. The van der Waals surface area contributed by atoms with Crippen LogP contribution in [0.5, 0.6) is 0 Å². The van der Waals surface area contributed by atoms with Gasteiger partial charge in [0.2, 0.25) is 5.91 Å². The van der Waals surface area contributed by atoms with E-state index in [4.69, 9.17) is 0 Å². The highest BCUT2D eigenvalue weighted by Gasteiger charge is 2.28. The zero-order valence-electron chi connectivity index (χ0n) is 13.1. The first-order valence-corrected chi connectivity index (χ1v) is 10.2. The van der Waals surface area contributed by atoms with Crippen molar-refractivity contribution in [2.24, 2.45) is 7.05 Å². The number of hydrogen-bond donors (Lipinski definition) is 1. The smallest absolute Gasteiger partial charge is 0.283 e. The summed E-state index contributed by atoms with van der Waals surface area (Å²) < 4.78 is 24.3. The molecule has 1 saturated heterocycles. The molecule has 1 aliphatic rings. The molecule has 1 aromatic heterocycles. The number of fused-ring (bicyclic) bond motifs is 1. The van der Waals surface area contributed by atoms with E-state index < -0.39 is 9.84 Å². The molecule has 1 amide bonds. The Morgan fingerprint density at radius 3 is 2.88 bits per heavy atom. The van der Waals surface area contributed by atoms with Crippen molar-refractivity contribution in [3.05, 3.63) is 34.6 Å². The number of amides is 1. The Morgan fingerprint density at radius 1 is 1.42 bits per heavy atom. The zero-order valence-corrected chi connectivity index (χ0v) is 14.7. The van der Waals surface area contributed by atoms with Crippen molar-refractivity contribution >= 4 is 38.5 Å². The van der Waals surface area contributed by atoms with Crippen molar-refractivity contribution in [3.63, 3.8) is 0 Å². The summed E-state index contributed by atoms with van der Waals surface area (Å²) in [5.74, 6) is -0.173. The topological polar surface area (TPSA) is 98.1 Å². The van der Waals surface area contributed by atoms with Gasteiger partial charge in [-0.25, -0.2) is 13.4 Å². The van der Waals surface area contributed by atoms with E-state index in [1.54, 1.807) is 7.05 Å². The molecule has 128 valence electrons. The lowest BCUT2D eigenvalue weighted by molar-refractivity contribution is -0.119. The fraction of sp³-hybridized carbons (Fsp3) is 0.400. The van der Waals surface area contributed by atoms with Crippen LogP contribution in [0, 0.1) is 0 Å². The molecule has 1 fully saturated rings. The van der Waals surface area contributed by atoms with E-state index in [-0.39, 0.29) is 39.8 Å². The molecule has 0 bridgehead atoms. The number of thioether (sulfide) groups is 1. The quantitative estimate of drug-likeness (QED) is 0.782. The van der Waals surface area contributed by atoms with Gasteiger partial charge >= 0.3 is 0 Å². The van der Waals surface area contributed by atoms with E-state index in [0.29, 0.717) is 11.9 Å². The van der Waals surface area contributed by atoms with Gasteiger partial charge in [0.25, 0.3) is 5.56 Å². The third-order valence-corrected chi connectivity index (χ3v) is 6.60. The van der Waals surface area contributed by atoms with Crippen molar-refractivity contribution < 1.29 is 13.2 Å². The highest BCUT2D eigenvalue weighted by molar-refractivity contribution is 7.99. The molecular weight excluding hydrogens is 350 g/mol. The first kappa shape index (κ1) is 17.0. The van der Waals surface area contributed by atoms with Crippen LogP contribution in [-0.2, 0) is 21.7 Å². The van der Waals surface area contributed by atoms with Crippen LogP contribution in [-0.4, -0.2) is 47.2 Å². The lowest BCUT2D eigenvalue weighted by atomic mass is 10.3. The summed E-state index contributed by atoms with van der Waals surface area (Å²) in [6, 6.07) is 6.95. The maximum Gasteiger partial charge on any atom is 0.283 e. The van der Waals surface area contributed by atoms with Gasteiger partial charge in [0.05, 0.1) is 28.3 Å². The number of carbonyl (C=O) groups excluding carboxylic acids is 1. The van der Waals surface area contributed by atoms with Crippen LogP contribution in [0.15, 0.2) is 34.1 Å². The largest absolute Gasteiger partial charge is 0.352 e. The molecule has 9 heteroatoms. The molecule has 7 nitrogen and oxygen atoms in total. The second-order valence-electron chi connectivity index (χ2n) is 5.73. The third kappa shape index (κ3) is 3.62. The SMILES string of the molecule is Cn1c(=O)c(SCC(=O)N[C@H]2CCS(=O)(=O)C2)nc2ccccc21. The van der Waals surface area contributed by atoms with E-state index in [1.807, 2.05) is 24.3 Å². The van der Waals surface area contributed by atoms with Crippen LogP contribution in [0.25, 0.3) is 11.0 Å². The predicted octanol–water partition coefficient (Wildman–Crippen LogP) is 0.329. The van der Waals surface area contributed by atoms with Crippen LogP contribution in [0.2, 0.25) is 0 Å². The summed E-state index contributed by atoms with van der Waals surface area (Å²) in [7, 11) is -1.37. The van der Waals surface area contributed by atoms with Gasteiger partial charge in [0.15, 0.2) is 14.9 Å². The number of nitrogens with one attached hydrogen (secondary N) is 1. The number of sulfone groups is 1. The van der Waals surface area contributed by atoms with Gasteiger partial charge in [-0.05, 0) is 18.6 Å². The lowest BCUT2D eigenvalue weighted by Crippen LogP contribution is -2.36. The predicted molar refractivity (Wildman–Crippen MR) is 92.9 cm³/mol. The fourth-order valence-electron chi connectivity index (χ4n) is 2.66. The van der Waals surface area contributed by atoms with Gasteiger partial charge in [0.1, 0.15) is 0 Å². The minimum absolute atomic E-state index is 0.0145.